The lowest BCUT2D eigenvalue weighted by Crippen LogP contribution is -2.48. The van der Waals surface area contributed by atoms with Crippen LogP contribution in [0.4, 0.5) is 4.79 Å². The van der Waals surface area contributed by atoms with Crippen molar-refractivity contribution in [2.75, 3.05) is 39.5 Å². The van der Waals surface area contributed by atoms with Crippen molar-refractivity contribution in [2.45, 2.75) is 76.3 Å². The van der Waals surface area contributed by atoms with Crippen LogP contribution in [0.15, 0.2) is 84.9 Å². The van der Waals surface area contributed by atoms with E-state index >= 15 is 0 Å². The number of carbonyl (C=O) groups is 2. The maximum atomic E-state index is 14.0. The van der Waals surface area contributed by atoms with Crippen LogP contribution in [-0.2, 0) is 27.1 Å². The SMILES string of the molecule is CC(C)(C)OC(=O)N[C@@H](Cc1ccccc1)[C@@H](O)C[C@@H](CC=Cc1ccc(OCCN2CCOCC2)cc1)C(=O)N[C@H]1c2ccccc2C[C@H]1O. The Kier molecular flexibility index (Phi) is 13.7. The molecule has 51 heavy (non-hydrogen) atoms. The third-order valence-corrected chi connectivity index (χ3v) is 9.25. The molecular formula is C41H53N3O7. The number of morpholine rings is 1. The van der Waals surface area contributed by atoms with Gasteiger partial charge < -0.3 is 35.1 Å². The first-order chi connectivity index (χ1) is 24.5. The van der Waals surface area contributed by atoms with Crippen LogP contribution in [0.25, 0.3) is 6.08 Å². The Labute approximate surface area is 301 Å². The molecule has 4 N–H and O–H groups in total. The minimum Gasteiger partial charge on any atom is -0.492 e. The number of aliphatic hydroxyl groups is 2. The van der Waals surface area contributed by atoms with Crippen LogP contribution in [0.5, 0.6) is 5.75 Å². The van der Waals surface area contributed by atoms with Crippen LogP contribution in [0, 0.1) is 5.92 Å². The second-order valence-electron chi connectivity index (χ2n) is 14.4. The van der Waals surface area contributed by atoms with Gasteiger partial charge in [0.2, 0.25) is 5.91 Å². The number of hydrogen-bond donors (Lipinski definition) is 4. The number of allylic oxidation sites excluding steroid dienone is 1. The zero-order valence-corrected chi connectivity index (χ0v) is 30.0. The van der Waals surface area contributed by atoms with Crippen LogP contribution >= 0.6 is 0 Å². The van der Waals surface area contributed by atoms with Crippen molar-refractivity contribution in [2.24, 2.45) is 5.92 Å². The second kappa shape index (κ2) is 18.3. The minimum atomic E-state index is -1.07. The summed E-state index contributed by atoms with van der Waals surface area (Å²) in [4.78, 5) is 29.2. The Bertz CT molecular complexity index is 1570. The minimum absolute atomic E-state index is 0.0733. The first kappa shape index (κ1) is 38.0. The summed E-state index contributed by atoms with van der Waals surface area (Å²) >= 11 is 0. The molecule has 0 bridgehead atoms. The zero-order valence-electron chi connectivity index (χ0n) is 30.0. The molecule has 1 heterocycles. The molecule has 1 aliphatic heterocycles. The van der Waals surface area contributed by atoms with Crippen molar-refractivity contribution in [3.63, 3.8) is 0 Å². The molecule has 5 atom stereocenters. The number of benzene rings is 3. The fourth-order valence-electron chi connectivity index (χ4n) is 6.56. The fraction of sp³-hybridized carbons (Fsp3) is 0.463. The summed E-state index contributed by atoms with van der Waals surface area (Å²) in [6.45, 7) is 10.2. The topological polar surface area (TPSA) is 130 Å². The van der Waals surface area contributed by atoms with Crippen molar-refractivity contribution >= 4 is 18.1 Å². The summed E-state index contributed by atoms with van der Waals surface area (Å²) in [6, 6.07) is 23.8. The summed E-state index contributed by atoms with van der Waals surface area (Å²) in [7, 11) is 0. The first-order valence-electron chi connectivity index (χ1n) is 18.0. The van der Waals surface area contributed by atoms with Gasteiger partial charge in [-0.25, -0.2) is 4.79 Å². The predicted octanol–water partition coefficient (Wildman–Crippen LogP) is 5.08. The zero-order chi connectivity index (χ0) is 36.2. The molecule has 0 aromatic heterocycles. The van der Waals surface area contributed by atoms with Gasteiger partial charge in [0.1, 0.15) is 18.0 Å². The molecule has 10 nitrogen and oxygen atoms in total. The van der Waals surface area contributed by atoms with E-state index in [0.29, 0.717) is 25.9 Å². The number of fused-ring (bicyclic) bond motifs is 1. The number of nitrogens with zero attached hydrogens (tertiary/aromatic N) is 1. The Hall–Kier alpha value is -4.22. The molecule has 2 amide bonds. The molecule has 2 aliphatic rings. The van der Waals surface area contributed by atoms with Gasteiger partial charge in [0, 0.05) is 32.0 Å². The van der Waals surface area contributed by atoms with Crippen molar-refractivity contribution < 1.29 is 34.0 Å². The van der Waals surface area contributed by atoms with E-state index in [9.17, 15) is 19.8 Å². The highest BCUT2D eigenvalue weighted by atomic mass is 16.6. The first-order valence-corrected chi connectivity index (χ1v) is 18.0. The molecule has 0 radical (unpaired) electrons. The van der Waals surface area contributed by atoms with Gasteiger partial charge in [0.15, 0.2) is 0 Å². The largest absolute Gasteiger partial charge is 0.492 e. The van der Waals surface area contributed by atoms with Gasteiger partial charge in [0.25, 0.3) is 0 Å². The van der Waals surface area contributed by atoms with Crippen molar-refractivity contribution in [3.05, 3.63) is 107 Å². The van der Waals surface area contributed by atoms with Gasteiger partial charge in [-0.3, -0.25) is 9.69 Å². The van der Waals surface area contributed by atoms with Crippen molar-refractivity contribution in [3.8, 4) is 5.75 Å². The van der Waals surface area contributed by atoms with Gasteiger partial charge >= 0.3 is 6.09 Å². The summed E-state index contributed by atoms with van der Waals surface area (Å²) in [5.41, 5.74) is 3.06. The number of aliphatic hydroxyl groups excluding tert-OH is 2. The van der Waals surface area contributed by atoms with Gasteiger partial charge in [-0.05, 0) is 74.4 Å². The number of nitrogens with one attached hydrogen (secondary N) is 2. The van der Waals surface area contributed by atoms with E-state index in [4.69, 9.17) is 14.2 Å². The summed E-state index contributed by atoms with van der Waals surface area (Å²) < 4.78 is 16.9. The molecule has 5 rings (SSSR count). The third kappa shape index (κ3) is 11.9. The van der Waals surface area contributed by atoms with Crippen molar-refractivity contribution in [1.29, 1.82) is 0 Å². The second-order valence-corrected chi connectivity index (χ2v) is 14.4. The van der Waals surface area contributed by atoms with E-state index in [0.717, 1.165) is 60.9 Å². The molecule has 1 fully saturated rings. The lowest BCUT2D eigenvalue weighted by Gasteiger charge is -2.29. The Morgan fingerprint density at radius 1 is 1.00 bits per heavy atom. The van der Waals surface area contributed by atoms with E-state index in [2.05, 4.69) is 15.5 Å². The molecule has 3 aromatic carbocycles. The highest BCUT2D eigenvalue weighted by Gasteiger charge is 2.35. The normalized spacial score (nSPS) is 19.5. The van der Waals surface area contributed by atoms with E-state index in [-0.39, 0.29) is 12.3 Å². The van der Waals surface area contributed by atoms with Crippen molar-refractivity contribution in [1.82, 2.24) is 15.5 Å². The smallest absolute Gasteiger partial charge is 0.407 e. The van der Waals surface area contributed by atoms with Crippen LogP contribution < -0.4 is 15.4 Å². The molecule has 0 spiro atoms. The molecule has 10 heteroatoms. The standard InChI is InChI=1S/C41H53N3O7/c1-41(2,3)51-40(48)42-35(26-30-10-5-4-6-11-30)36(45)28-32(39(47)43-38-34-15-8-7-13-31(34)27-37(38)46)14-9-12-29-16-18-33(19-17-29)50-25-22-44-20-23-49-24-21-44/h4-13,15-19,32,35-38,45-46H,14,20-28H2,1-3H3,(H,42,48)(H,43,47)/t32-,35+,36+,37-,38+/m1/s1. The predicted molar refractivity (Wildman–Crippen MR) is 197 cm³/mol. The van der Waals surface area contributed by atoms with Gasteiger partial charge in [-0.15, -0.1) is 0 Å². The number of carbonyl (C=O) groups excluding carboxylic acids is 2. The Morgan fingerprint density at radius 2 is 1.71 bits per heavy atom. The Morgan fingerprint density at radius 3 is 2.43 bits per heavy atom. The highest BCUT2D eigenvalue weighted by Crippen LogP contribution is 2.32. The molecule has 1 aliphatic carbocycles. The molecule has 0 unspecified atom stereocenters. The molecule has 274 valence electrons. The quantitative estimate of drug-likeness (QED) is 0.173. The van der Waals surface area contributed by atoms with Gasteiger partial charge in [-0.1, -0.05) is 78.9 Å². The third-order valence-electron chi connectivity index (χ3n) is 9.25. The molecule has 3 aromatic rings. The van der Waals surface area contributed by atoms with Gasteiger partial charge in [-0.2, -0.15) is 0 Å². The number of rotatable bonds is 15. The Balaban J connectivity index is 1.27. The average molecular weight is 700 g/mol. The highest BCUT2D eigenvalue weighted by molar-refractivity contribution is 5.80. The van der Waals surface area contributed by atoms with Crippen LogP contribution in [0.2, 0.25) is 0 Å². The monoisotopic (exact) mass is 699 g/mol. The fourth-order valence-corrected chi connectivity index (χ4v) is 6.56. The van der Waals surface area contributed by atoms with E-state index in [1.165, 1.54) is 0 Å². The van der Waals surface area contributed by atoms with Crippen LogP contribution in [-0.4, -0.2) is 90.4 Å². The average Bonchev–Trinajstić information content (AvgIpc) is 3.42. The van der Waals surface area contributed by atoms with Crippen LogP contribution in [0.3, 0.4) is 0 Å². The van der Waals surface area contributed by atoms with E-state index < -0.39 is 41.9 Å². The summed E-state index contributed by atoms with van der Waals surface area (Å²) in [5.74, 6) is -0.143. The van der Waals surface area contributed by atoms with E-state index in [1.807, 2.05) is 91.0 Å². The molecule has 0 saturated carbocycles. The number of alkyl carbamates (subject to hydrolysis) is 1. The number of amides is 2. The summed E-state index contributed by atoms with van der Waals surface area (Å²) in [6.07, 6.45) is 2.63. The molecular weight excluding hydrogens is 646 g/mol. The summed E-state index contributed by atoms with van der Waals surface area (Å²) in [5, 5.41) is 28.5. The van der Waals surface area contributed by atoms with E-state index in [1.54, 1.807) is 20.8 Å². The lowest BCUT2D eigenvalue weighted by atomic mass is 9.90. The maximum Gasteiger partial charge on any atom is 0.407 e. The molecule has 1 saturated heterocycles. The maximum absolute atomic E-state index is 14.0. The number of hydrogen-bond acceptors (Lipinski definition) is 8. The number of ether oxygens (including phenoxy) is 3. The lowest BCUT2D eigenvalue weighted by molar-refractivity contribution is -0.127. The van der Waals surface area contributed by atoms with Gasteiger partial charge in [0.05, 0.1) is 37.5 Å². The van der Waals surface area contributed by atoms with Crippen LogP contribution in [0.1, 0.15) is 61.9 Å².